The number of urea groups is 1. The van der Waals surface area contributed by atoms with E-state index in [1.54, 1.807) is 18.2 Å². The molecule has 0 radical (unpaired) electrons. The Hall–Kier alpha value is -2.57. The number of imide groups is 1. The van der Waals surface area contributed by atoms with Gasteiger partial charge in [0.25, 0.3) is 5.91 Å². The molecule has 7 nitrogen and oxygen atoms in total. The Morgan fingerprint density at radius 2 is 1.88 bits per heavy atom. The van der Waals surface area contributed by atoms with Crippen LogP contribution in [0.25, 0.3) is 0 Å². The predicted octanol–water partition coefficient (Wildman–Crippen LogP) is 2.40. The van der Waals surface area contributed by atoms with E-state index in [1.165, 1.54) is 26.5 Å². The number of ether oxygens (including phenoxy) is 2. The summed E-state index contributed by atoms with van der Waals surface area (Å²) in [4.78, 5) is 35.5. The SMILES string of the molecule is COC(=O)c1cccc(O[C@H](C)C(=O)NC(=O)NC2CCCCC2)c1. The quantitative estimate of drug-likeness (QED) is 0.797. The summed E-state index contributed by atoms with van der Waals surface area (Å²) in [5.74, 6) is -0.690. The number of carbonyl (C=O) groups is 3. The molecule has 0 bridgehead atoms. The first kappa shape index (κ1) is 18.8. The molecule has 0 spiro atoms. The summed E-state index contributed by atoms with van der Waals surface area (Å²) in [6, 6.07) is 5.93. The van der Waals surface area contributed by atoms with Crippen LogP contribution in [0.3, 0.4) is 0 Å². The van der Waals surface area contributed by atoms with Gasteiger partial charge in [0.2, 0.25) is 0 Å². The first-order chi connectivity index (χ1) is 12.0. The second-order valence-electron chi connectivity index (χ2n) is 6.08. The summed E-state index contributed by atoms with van der Waals surface area (Å²) in [6.45, 7) is 1.54. The van der Waals surface area contributed by atoms with E-state index < -0.39 is 24.0 Å². The van der Waals surface area contributed by atoms with Crippen LogP contribution in [0.5, 0.6) is 5.75 Å². The molecule has 2 rings (SSSR count). The van der Waals surface area contributed by atoms with Gasteiger partial charge in [0.05, 0.1) is 12.7 Å². The molecule has 0 saturated heterocycles. The Balaban J connectivity index is 1.85. The lowest BCUT2D eigenvalue weighted by Crippen LogP contribution is -2.48. The van der Waals surface area contributed by atoms with Gasteiger partial charge in [0, 0.05) is 6.04 Å². The van der Waals surface area contributed by atoms with Crippen molar-refractivity contribution in [2.24, 2.45) is 0 Å². The van der Waals surface area contributed by atoms with Crippen molar-refractivity contribution < 1.29 is 23.9 Å². The van der Waals surface area contributed by atoms with E-state index in [9.17, 15) is 14.4 Å². The number of benzene rings is 1. The van der Waals surface area contributed by atoms with Gasteiger partial charge in [0.15, 0.2) is 6.10 Å². The number of methoxy groups -OCH3 is 1. The first-order valence-corrected chi connectivity index (χ1v) is 8.46. The van der Waals surface area contributed by atoms with Gasteiger partial charge in [-0.2, -0.15) is 0 Å². The fraction of sp³-hybridized carbons (Fsp3) is 0.500. The van der Waals surface area contributed by atoms with Crippen LogP contribution in [0, 0.1) is 0 Å². The molecule has 1 atom stereocenters. The minimum Gasteiger partial charge on any atom is -0.481 e. The van der Waals surface area contributed by atoms with Crippen LogP contribution >= 0.6 is 0 Å². The van der Waals surface area contributed by atoms with Crippen LogP contribution in [-0.2, 0) is 9.53 Å². The Morgan fingerprint density at radius 1 is 1.16 bits per heavy atom. The minimum atomic E-state index is -0.884. The molecular weight excluding hydrogens is 324 g/mol. The van der Waals surface area contributed by atoms with Gasteiger partial charge in [-0.3, -0.25) is 10.1 Å². The second kappa shape index (κ2) is 9.05. The molecule has 1 aliphatic carbocycles. The number of amides is 3. The highest BCUT2D eigenvalue weighted by atomic mass is 16.5. The molecule has 0 aromatic heterocycles. The summed E-state index contributed by atoms with van der Waals surface area (Å²) in [5.41, 5.74) is 0.322. The monoisotopic (exact) mass is 348 g/mol. The number of nitrogens with one attached hydrogen (secondary N) is 2. The summed E-state index contributed by atoms with van der Waals surface area (Å²) >= 11 is 0. The largest absolute Gasteiger partial charge is 0.481 e. The molecule has 1 aliphatic rings. The molecular formula is C18H24N2O5. The third kappa shape index (κ3) is 5.77. The van der Waals surface area contributed by atoms with Crippen molar-refractivity contribution in [1.82, 2.24) is 10.6 Å². The van der Waals surface area contributed by atoms with Crippen LogP contribution in [0.1, 0.15) is 49.4 Å². The Labute approximate surface area is 147 Å². The highest BCUT2D eigenvalue weighted by Gasteiger charge is 2.21. The number of hydrogen-bond donors (Lipinski definition) is 2. The lowest BCUT2D eigenvalue weighted by atomic mass is 9.96. The first-order valence-electron chi connectivity index (χ1n) is 8.46. The predicted molar refractivity (Wildman–Crippen MR) is 91.4 cm³/mol. The number of esters is 1. The van der Waals surface area contributed by atoms with Crippen molar-refractivity contribution in [2.75, 3.05) is 7.11 Å². The smallest absolute Gasteiger partial charge is 0.337 e. The van der Waals surface area contributed by atoms with E-state index in [0.717, 1.165) is 25.7 Å². The van der Waals surface area contributed by atoms with Crippen LogP contribution < -0.4 is 15.4 Å². The fourth-order valence-corrected chi connectivity index (χ4v) is 2.75. The maximum Gasteiger partial charge on any atom is 0.337 e. The lowest BCUT2D eigenvalue weighted by molar-refractivity contribution is -0.126. The summed E-state index contributed by atoms with van der Waals surface area (Å²) in [5, 5.41) is 5.10. The van der Waals surface area contributed by atoms with E-state index in [0.29, 0.717) is 11.3 Å². The van der Waals surface area contributed by atoms with Gasteiger partial charge in [0.1, 0.15) is 5.75 Å². The zero-order chi connectivity index (χ0) is 18.2. The van der Waals surface area contributed by atoms with E-state index in [4.69, 9.17) is 4.74 Å². The molecule has 0 unspecified atom stereocenters. The molecule has 0 heterocycles. The average molecular weight is 348 g/mol. The summed E-state index contributed by atoms with van der Waals surface area (Å²) in [7, 11) is 1.29. The van der Waals surface area contributed by atoms with Crippen molar-refractivity contribution in [2.45, 2.75) is 51.2 Å². The zero-order valence-corrected chi connectivity index (χ0v) is 14.5. The van der Waals surface area contributed by atoms with E-state index >= 15 is 0 Å². The van der Waals surface area contributed by atoms with Gasteiger partial charge in [-0.05, 0) is 38.0 Å². The topological polar surface area (TPSA) is 93.7 Å². The molecule has 7 heteroatoms. The Bertz CT molecular complexity index is 626. The van der Waals surface area contributed by atoms with Gasteiger partial charge in [-0.25, -0.2) is 9.59 Å². The van der Waals surface area contributed by atoms with Gasteiger partial charge >= 0.3 is 12.0 Å². The highest BCUT2D eigenvalue weighted by molar-refractivity contribution is 5.96. The average Bonchev–Trinajstić information content (AvgIpc) is 2.61. The Kier molecular flexibility index (Phi) is 6.80. The number of rotatable bonds is 5. The standard InChI is InChI=1S/C18H24N2O5/c1-12(25-15-10-6-7-13(11-15)17(22)24-2)16(21)20-18(23)19-14-8-4-3-5-9-14/h6-7,10-12,14H,3-5,8-9H2,1-2H3,(H2,19,20,21,23)/t12-/m1/s1. The molecule has 136 valence electrons. The van der Waals surface area contributed by atoms with Crippen molar-refractivity contribution in [3.8, 4) is 5.75 Å². The molecule has 25 heavy (non-hydrogen) atoms. The van der Waals surface area contributed by atoms with Gasteiger partial charge < -0.3 is 14.8 Å². The van der Waals surface area contributed by atoms with Crippen LogP contribution in [0.2, 0.25) is 0 Å². The summed E-state index contributed by atoms with van der Waals surface area (Å²) < 4.78 is 10.1. The van der Waals surface area contributed by atoms with E-state index in [-0.39, 0.29) is 6.04 Å². The number of hydrogen-bond acceptors (Lipinski definition) is 5. The zero-order valence-electron chi connectivity index (χ0n) is 14.5. The lowest BCUT2D eigenvalue weighted by Gasteiger charge is -2.23. The second-order valence-corrected chi connectivity index (χ2v) is 6.08. The fourth-order valence-electron chi connectivity index (χ4n) is 2.75. The van der Waals surface area contributed by atoms with Gasteiger partial charge in [-0.15, -0.1) is 0 Å². The molecule has 2 N–H and O–H groups in total. The minimum absolute atomic E-state index is 0.120. The van der Waals surface area contributed by atoms with Crippen molar-refractivity contribution in [3.63, 3.8) is 0 Å². The molecule has 1 fully saturated rings. The van der Waals surface area contributed by atoms with Crippen molar-refractivity contribution >= 4 is 17.9 Å². The van der Waals surface area contributed by atoms with Crippen LogP contribution in [0.15, 0.2) is 24.3 Å². The Morgan fingerprint density at radius 3 is 2.56 bits per heavy atom. The maximum atomic E-state index is 12.1. The summed E-state index contributed by atoms with van der Waals surface area (Å²) in [6.07, 6.45) is 4.37. The molecule has 3 amide bonds. The maximum absolute atomic E-state index is 12.1. The van der Waals surface area contributed by atoms with Gasteiger partial charge in [-0.1, -0.05) is 25.3 Å². The molecule has 0 aliphatic heterocycles. The van der Waals surface area contributed by atoms with Crippen molar-refractivity contribution in [1.29, 1.82) is 0 Å². The van der Waals surface area contributed by atoms with Crippen molar-refractivity contribution in [3.05, 3.63) is 29.8 Å². The normalized spacial score (nSPS) is 15.8. The van der Waals surface area contributed by atoms with E-state index in [2.05, 4.69) is 15.4 Å². The highest BCUT2D eigenvalue weighted by Crippen LogP contribution is 2.17. The van der Waals surface area contributed by atoms with E-state index in [1.807, 2.05) is 0 Å². The molecule has 1 aromatic rings. The molecule has 1 aromatic carbocycles. The number of carbonyl (C=O) groups excluding carboxylic acids is 3. The molecule has 1 saturated carbocycles. The third-order valence-corrected chi connectivity index (χ3v) is 4.11. The third-order valence-electron chi connectivity index (χ3n) is 4.11. The van der Waals surface area contributed by atoms with Crippen LogP contribution in [0.4, 0.5) is 4.79 Å². The van der Waals surface area contributed by atoms with Crippen LogP contribution in [-0.4, -0.2) is 37.2 Å².